The fourth-order valence-electron chi connectivity index (χ4n) is 5.07. The van der Waals surface area contributed by atoms with E-state index < -0.39 is 18.3 Å². The molecule has 1 unspecified atom stereocenters. The van der Waals surface area contributed by atoms with E-state index >= 15 is 0 Å². The minimum atomic E-state index is -0.660. The number of imidazole rings is 1. The lowest BCUT2D eigenvalue weighted by molar-refractivity contribution is 0.00706. The first-order valence-corrected chi connectivity index (χ1v) is 11.9. The Morgan fingerprint density at radius 1 is 1.23 bits per heavy atom. The molecule has 0 spiro atoms. The van der Waals surface area contributed by atoms with E-state index in [2.05, 4.69) is 20.3 Å². The third kappa shape index (κ3) is 4.15. The summed E-state index contributed by atoms with van der Waals surface area (Å²) >= 11 is 6.49. The van der Waals surface area contributed by atoms with Crippen LogP contribution in [-0.4, -0.2) is 69.4 Å². The summed E-state index contributed by atoms with van der Waals surface area (Å²) in [4.78, 5) is 12.0. The van der Waals surface area contributed by atoms with Crippen LogP contribution >= 0.6 is 11.6 Å². The summed E-state index contributed by atoms with van der Waals surface area (Å²) < 4.78 is 32.1. The maximum absolute atomic E-state index is 14.9. The van der Waals surface area contributed by atoms with Crippen molar-refractivity contribution in [2.75, 3.05) is 25.1 Å². The smallest absolute Gasteiger partial charge is 0.296 e. The van der Waals surface area contributed by atoms with Crippen LogP contribution in [0.3, 0.4) is 0 Å². The van der Waals surface area contributed by atoms with Crippen molar-refractivity contribution in [3.8, 4) is 6.01 Å². The van der Waals surface area contributed by atoms with Crippen molar-refractivity contribution in [1.82, 2.24) is 15.0 Å². The van der Waals surface area contributed by atoms with E-state index in [1.54, 1.807) is 18.2 Å². The number of halogens is 2. The Kier molecular flexibility index (Phi) is 5.85. The number of hydrogen-bond donors (Lipinski definition) is 4. The molecule has 4 heterocycles. The van der Waals surface area contributed by atoms with Crippen molar-refractivity contribution in [3.05, 3.63) is 51.8 Å². The molecule has 184 valence electrons. The van der Waals surface area contributed by atoms with E-state index in [4.69, 9.17) is 30.9 Å². The average molecular weight is 503 g/mol. The quantitative estimate of drug-likeness (QED) is 0.406. The van der Waals surface area contributed by atoms with Crippen molar-refractivity contribution in [1.29, 1.82) is 0 Å². The van der Waals surface area contributed by atoms with Gasteiger partial charge in [-0.2, -0.15) is 4.98 Å². The number of benzene rings is 1. The van der Waals surface area contributed by atoms with E-state index in [1.807, 2.05) is 6.07 Å². The SMILES string of the molecule is OC/C=C/c1cc(F)c2c(c1)CC[C@@H]2Nc1nc2nc(O[C@@H]3COC4[C@H](O)CO[C@@H]43)[nH]c2cc1Cl. The number of ether oxygens (including phenoxy) is 3. The van der Waals surface area contributed by atoms with Crippen LogP contribution in [0.2, 0.25) is 5.02 Å². The van der Waals surface area contributed by atoms with Gasteiger partial charge in [0.25, 0.3) is 6.01 Å². The van der Waals surface area contributed by atoms with E-state index in [0.29, 0.717) is 46.0 Å². The molecule has 1 aromatic carbocycles. The van der Waals surface area contributed by atoms with Gasteiger partial charge >= 0.3 is 0 Å². The Morgan fingerprint density at radius 2 is 2.09 bits per heavy atom. The number of fused-ring (bicyclic) bond motifs is 3. The molecule has 11 heteroatoms. The van der Waals surface area contributed by atoms with Crippen LogP contribution in [0.15, 0.2) is 24.3 Å². The largest absolute Gasteiger partial charge is 0.456 e. The summed E-state index contributed by atoms with van der Waals surface area (Å²) in [7, 11) is 0. The Balaban J connectivity index is 1.21. The summed E-state index contributed by atoms with van der Waals surface area (Å²) in [6.45, 7) is 0.406. The average Bonchev–Trinajstić information content (AvgIpc) is 3.59. The molecule has 9 nitrogen and oxygen atoms in total. The molecule has 2 fully saturated rings. The number of nitrogens with one attached hydrogen (secondary N) is 2. The Labute approximate surface area is 204 Å². The highest BCUT2D eigenvalue weighted by Gasteiger charge is 2.48. The first kappa shape index (κ1) is 22.7. The molecule has 0 radical (unpaired) electrons. The van der Waals surface area contributed by atoms with Gasteiger partial charge in [-0.3, -0.25) is 0 Å². The van der Waals surface area contributed by atoms with Crippen LogP contribution in [0, 0.1) is 5.82 Å². The normalized spacial score (nSPS) is 27.6. The molecule has 3 aliphatic rings. The van der Waals surface area contributed by atoms with Gasteiger partial charge in [-0.25, -0.2) is 9.37 Å². The van der Waals surface area contributed by atoms with Crippen LogP contribution in [0.1, 0.15) is 29.2 Å². The molecule has 35 heavy (non-hydrogen) atoms. The highest BCUT2D eigenvalue weighted by atomic mass is 35.5. The molecule has 4 N–H and O–H groups in total. The predicted molar refractivity (Wildman–Crippen MR) is 126 cm³/mol. The number of hydrogen-bond acceptors (Lipinski definition) is 8. The molecule has 0 bridgehead atoms. The number of aliphatic hydroxyl groups is 2. The third-order valence-electron chi connectivity index (χ3n) is 6.66. The highest BCUT2D eigenvalue weighted by molar-refractivity contribution is 6.33. The number of H-pyrrole nitrogens is 1. The summed E-state index contributed by atoms with van der Waals surface area (Å²) in [5.74, 6) is 0.101. The number of anilines is 1. The number of rotatable bonds is 6. The van der Waals surface area contributed by atoms with Crippen molar-refractivity contribution in [2.45, 2.75) is 43.3 Å². The van der Waals surface area contributed by atoms with Gasteiger partial charge in [0.05, 0.1) is 36.4 Å². The Morgan fingerprint density at radius 3 is 2.94 bits per heavy atom. The number of nitrogens with zero attached hydrogens (tertiary/aromatic N) is 2. The Bertz CT molecular complexity index is 1300. The zero-order valence-corrected chi connectivity index (χ0v) is 19.3. The summed E-state index contributed by atoms with van der Waals surface area (Å²) in [6, 6.07) is 5.07. The van der Waals surface area contributed by atoms with Crippen molar-refractivity contribution >= 4 is 34.7 Å². The molecule has 0 saturated carbocycles. The number of aromatic amines is 1. The number of aryl methyl sites for hydroxylation is 1. The van der Waals surface area contributed by atoms with E-state index in [-0.39, 0.29) is 43.8 Å². The first-order valence-electron chi connectivity index (χ1n) is 11.5. The van der Waals surface area contributed by atoms with Gasteiger partial charge < -0.3 is 34.7 Å². The third-order valence-corrected chi connectivity index (χ3v) is 6.95. The number of pyridine rings is 1. The molecule has 5 atom stereocenters. The lowest BCUT2D eigenvalue weighted by Gasteiger charge is -2.16. The molecule has 3 aromatic rings. The second-order valence-corrected chi connectivity index (χ2v) is 9.35. The maximum atomic E-state index is 14.9. The van der Waals surface area contributed by atoms with Gasteiger partial charge in [0.1, 0.15) is 29.9 Å². The van der Waals surface area contributed by atoms with Gasteiger partial charge in [-0.05, 0) is 36.1 Å². The van der Waals surface area contributed by atoms with Gasteiger partial charge in [0.2, 0.25) is 0 Å². The molecular formula is C24H24ClFN4O5. The fraction of sp³-hybridized carbons (Fsp3) is 0.417. The highest BCUT2D eigenvalue weighted by Crippen LogP contribution is 2.38. The lowest BCUT2D eigenvalue weighted by Crippen LogP contribution is -2.34. The van der Waals surface area contributed by atoms with Crippen LogP contribution in [-0.2, 0) is 15.9 Å². The summed E-state index contributed by atoms with van der Waals surface area (Å²) in [6.07, 6.45) is 2.87. The summed E-state index contributed by atoms with van der Waals surface area (Å²) in [5, 5.41) is 22.5. The van der Waals surface area contributed by atoms with Crippen LogP contribution in [0.4, 0.5) is 10.2 Å². The molecule has 0 amide bonds. The first-order chi connectivity index (χ1) is 17.0. The lowest BCUT2D eigenvalue weighted by atomic mass is 10.0. The monoisotopic (exact) mass is 502 g/mol. The number of aromatic nitrogens is 3. The van der Waals surface area contributed by atoms with Crippen LogP contribution in [0.5, 0.6) is 6.01 Å². The van der Waals surface area contributed by atoms with Gasteiger partial charge in [-0.15, -0.1) is 0 Å². The fourth-order valence-corrected chi connectivity index (χ4v) is 5.28. The van der Waals surface area contributed by atoms with Crippen molar-refractivity contribution in [2.24, 2.45) is 0 Å². The van der Waals surface area contributed by atoms with Gasteiger partial charge in [0, 0.05) is 5.56 Å². The molecule has 6 rings (SSSR count). The predicted octanol–water partition coefficient (Wildman–Crippen LogP) is 2.76. The Hall–Kier alpha value is -2.76. The molecule has 2 saturated heterocycles. The zero-order chi connectivity index (χ0) is 24.1. The standard InChI is InChI=1S/C24H24ClFN4O5/c25-13-8-16-23(30-24(28-16)35-18-10-34-20-17(32)9-33-21(18)20)29-22(13)27-15-4-3-12-6-11(2-1-5-31)7-14(26)19(12)15/h1-2,6-8,15,17-18,20-21,31-32H,3-5,9-10H2,(H2,27,28,29,30)/b2-1+/t15-,17+,18+,20?,21+/m0/s1. The molecule has 2 aliphatic heterocycles. The van der Waals surface area contributed by atoms with E-state index in [1.165, 1.54) is 6.07 Å². The molecule has 2 aromatic heterocycles. The second-order valence-electron chi connectivity index (χ2n) is 8.95. The maximum Gasteiger partial charge on any atom is 0.296 e. The zero-order valence-electron chi connectivity index (χ0n) is 18.6. The van der Waals surface area contributed by atoms with Crippen molar-refractivity contribution in [3.63, 3.8) is 0 Å². The minimum absolute atomic E-state index is 0.0953. The van der Waals surface area contributed by atoms with E-state index in [0.717, 1.165) is 5.56 Å². The van der Waals surface area contributed by atoms with Crippen molar-refractivity contribution < 1.29 is 28.8 Å². The second kappa shape index (κ2) is 9.03. The van der Waals surface area contributed by atoms with Crippen LogP contribution in [0.25, 0.3) is 17.2 Å². The topological polar surface area (TPSA) is 122 Å². The van der Waals surface area contributed by atoms with Gasteiger partial charge in [0.15, 0.2) is 11.8 Å². The van der Waals surface area contributed by atoms with E-state index in [9.17, 15) is 9.50 Å². The minimum Gasteiger partial charge on any atom is -0.456 e. The molecule has 1 aliphatic carbocycles. The van der Waals surface area contributed by atoms with Crippen LogP contribution < -0.4 is 10.1 Å². The molecular weight excluding hydrogens is 479 g/mol. The number of aliphatic hydroxyl groups excluding tert-OH is 2. The van der Waals surface area contributed by atoms with Gasteiger partial charge in [-0.1, -0.05) is 29.8 Å². The summed E-state index contributed by atoms with van der Waals surface area (Å²) in [5.41, 5.74) is 3.23.